The lowest BCUT2D eigenvalue weighted by molar-refractivity contribution is 0.134. The van der Waals surface area contributed by atoms with Gasteiger partial charge in [-0.1, -0.05) is 23.8 Å². The van der Waals surface area contributed by atoms with Crippen molar-refractivity contribution in [3.63, 3.8) is 0 Å². The van der Waals surface area contributed by atoms with Crippen molar-refractivity contribution in [2.75, 3.05) is 23.7 Å². The molecule has 2 N–H and O–H groups in total. The number of allylic oxidation sites excluding steroid dienone is 1. The van der Waals surface area contributed by atoms with Crippen molar-refractivity contribution in [3.8, 4) is 0 Å². The van der Waals surface area contributed by atoms with E-state index in [1.165, 1.54) is 5.57 Å². The minimum absolute atomic E-state index is 0.244. The lowest BCUT2D eigenvalue weighted by Gasteiger charge is -2.36. The summed E-state index contributed by atoms with van der Waals surface area (Å²) < 4.78 is 1.97. The van der Waals surface area contributed by atoms with Gasteiger partial charge in [0.25, 0.3) is 0 Å². The minimum Gasteiger partial charge on any atom is -0.307 e. The van der Waals surface area contributed by atoms with Gasteiger partial charge in [0.05, 0.1) is 12.2 Å². The number of anilines is 2. The molecular formula is C23H33N5O. The van der Waals surface area contributed by atoms with Gasteiger partial charge in [-0.25, -0.2) is 9.48 Å². The van der Waals surface area contributed by atoms with Crippen molar-refractivity contribution in [2.45, 2.75) is 58.5 Å². The molecule has 2 aromatic rings. The largest absolute Gasteiger partial charge is 0.324 e. The fourth-order valence-electron chi connectivity index (χ4n) is 3.90. The quantitative estimate of drug-likeness (QED) is 0.632. The number of hydrogen-bond acceptors (Lipinski definition) is 3. The van der Waals surface area contributed by atoms with Crippen LogP contribution in [-0.4, -0.2) is 39.8 Å². The molecular weight excluding hydrogens is 362 g/mol. The average Bonchev–Trinajstić information content (AvgIpc) is 3.16. The van der Waals surface area contributed by atoms with Gasteiger partial charge in [-0.15, -0.1) is 6.58 Å². The normalized spacial score (nSPS) is 16.4. The molecule has 0 radical (unpaired) electrons. The summed E-state index contributed by atoms with van der Waals surface area (Å²) in [5.41, 5.74) is 3.10. The number of nitrogens with zero attached hydrogens (tertiary/aromatic N) is 3. The van der Waals surface area contributed by atoms with Crippen molar-refractivity contribution in [2.24, 2.45) is 0 Å². The number of rotatable bonds is 7. The van der Waals surface area contributed by atoms with E-state index < -0.39 is 0 Å². The molecule has 156 valence electrons. The summed E-state index contributed by atoms with van der Waals surface area (Å²) in [7, 11) is 0. The van der Waals surface area contributed by atoms with Gasteiger partial charge in [-0.3, -0.25) is 5.32 Å². The van der Waals surface area contributed by atoms with Crippen LogP contribution < -0.4 is 10.6 Å². The Kier molecular flexibility index (Phi) is 7.09. The molecule has 1 aromatic heterocycles. The molecule has 29 heavy (non-hydrogen) atoms. The van der Waals surface area contributed by atoms with E-state index in [0.29, 0.717) is 12.1 Å². The van der Waals surface area contributed by atoms with E-state index in [9.17, 15) is 4.79 Å². The van der Waals surface area contributed by atoms with Crippen LogP contribution in [0.15, 0.2) is 48.7 Å². The summed E-state index contributed by atoms with van der Waals surface area (Å²) in [5.74, 6) is 0.741. The molecule has 1 atom stereocenters. The summed E-state index contributed by atoms with van der Waals surface area (Å²) in [6, 6.07) is 10.2. The highest BCUT2D eigenvalue weighted by atomic mass is 16.2. The van der Waals surface area contributed by atoms with Gasteiger partial charge in [-0.05, 0) is 58.1 Å². The van der Waals surface area contributed by atoms with Crippen LogP contribution in [0.25, 0.3) is 0 Å². The van der Waals surface area contributed by atoms with E-state index in [1.54, 1.807) is 6.20 Å². The van der Waals surface area contributed by atoms with Crippen LogP contribution in [-0.2, 0) is 0 Å². The molecule has 1 unspecified atom stereocenters. The fraction of sp³-hybridized carbons (Fsp3) is 0.478. The van der Waals surface area contributed by atoms with Gasteiger partial charge in [0, 0.05) is 30.9 Å². The number of carbonyl (C=O) groups is 1. The number of benzene rings is 1. The van der Waals surface area contributed by atoms with Gasteiger partial charge in [0.2, 0.25) is 0 Å². The van der Waals surface area contributed by atoms with E-state index in [-0.39, 0.29) is 6.03 Å². The molecule has 3 rings (SSSR count). The number of para-hydroxylation sites is 1. The zero-order valence-electron chi connectivity index (χ0n) is 17.8. The number of urea groups is 1. The summed E-state index contributed by atoms with van der Waals surface area (Å²) in [6.07, 6.45) is 6.07. The molecule has 2 amide bonds. The van der Waals surface area contributed by atoms with Crippen LogP contribution in [0, 0.1) is 6.92 Å². The van der Waals surface area contributed by atoms with Gasteiger partial charge in [0.15, 0.2) is 0 Å². The third-order valence-electron chi connectivity index (χ3n) is 5.76. The molecule has 1 aliphatic heterocycles. The summed E-state index contributed by atoms with van der Waals surface area (Å²) in [4.78, 5) is 15.0. The number of aryl methyl sites for hydroxylation is 1. The van der Waals surface area contributed by atoms with Crippen molar-refractivity contribution in [1.29, 1.82) is 0 Å². The number of amides is 2. The summed E-state index contributed by atoms with van der Waals surface area (Å²) in [5, 5.41) is 10.4. The standard InChI is InChI=1S/C23H33N5O/c1-17(2)9-10-19(4)27-15-12-20(13-16-27)28-22(11-14-24-28)26-23(29)25-21-8-6-5-7-18(21)3/h5-8,11,14,19-20H,1,9-10,12-13,15-16H2,2-4H3,(H2,25,26,29). The Morgan fingerprint density at radius 1 is 1.24 bits per heavy atom. The van der Waals surface area contributed by atoms with Gasteiger partial charge < -0.3 is 10.2 Å². The predicted octanol–water partition coefficient (Wildman–Crippen LogP) is 5.22. The van der Waals surface area contributed by atoms with Crippen LogP contribution in [0.1, 0.15) is 51.1 Å². The zero-order valence-corrected chi connectivity index (χ0v) is 17.8. The maximum atomic E-state index is 12.5. The summed E-state index contributed by atoms with van der Waals surface area (Å²) >= 11 is 0. The Hall–Kier alpha value is -2.60. The lowest BCUT2D eigenvalue weighted by Crippen LogP contribution is -2.40. The lowest BCUT2D eigenvalue weighted by atomic mass is 10.0. The fourth-order valence-corrected chi connectivity index (χ4v) is 3.90. The molecule has 0 spiro atoms. The monoisotopic (exact) mass is 395 g/mol. The van der Waals surface area contributed by atoms with Gasteiger partial charge >= 0.3 is 6.03 Å². The highest BCUT2D eigenvalue weighted by Gasteiger charge is 2.25. The first-order valence-corrected chi connectivity index (χ1v) is 10.5. The van der Waals surface area contributed by atoms with E-state index >= 15 is 0 Å². The zero-order chi connectivity index (χ0) is 20.8. The topological polar surface area (TPSA) is 62.2 Å². The third kappa shape index (κ3) is 5.70. The Morgan fingerprint density at radius 2 is 1.97 bits per heavy atom. The molecule has 6 nitrogen and oxygen atoms in total. The molecule has 1 aliphatic rings. The first-order valence-electron chi connectivity index (χ1n) is 10.5. The first-order chi connectivity index (χ1) is 13.9. The molecule has 6 heteroatoms. The Bertz CT molecular complexity index is 835. The minimum atomic E-state index is -0.244. The average molecular weight is 396 g/mol. The molecule has 0 bridgehead atoms. The van der Waals surface area contributed by atoms with Crippen LogP contribution in [0.2, 0.25) is 0 Å². The Morgan fingerprint density at radius 3 is 2.66 bits per heavy atom. The highest BCUT2D eigenvalue weighted by molar-refractivity contribution is 5.99. The third-order valence-corrected chi connectivity index (χ3v) is 5.76. The molecule has 1 fully saturated rings. The van der Waals surface area contributed by atoms with E-state index in [1.807, 2.05) is 41.9 Å². The van der Waals surface area contributed by atoms with Crippen molar-refractivity contribution >= 4 is 17.5 Å². The molecule has 1 aromatic carbocycles. The van der Waals surface area contributed by atoms with Gasteiger partial charge in [0.1, 0.15) is 5.82 Å². The number of piperidine rings is 1. The molecule has 0 saturated carbocycles. The summed E-state index contributed by atoms with van der Waals surface area (Å²) in [6.45, 7) is 12.5. The molecule has 1 saturated heterocycles. The predicted molar refractivity (Wildman–Crippen MR) is 119 cm³/mol. The maximum absolute atomic E-state index is 12.5. The second kappa shape index (κ2) is 9.74. The molecule has 2 heterocycles. The van der Waals surface area contributed by atoms with E-state index in [2.05, 4.69) is 41.1 Å². The van der Waals surface area contributed by atoms with Crippen LogP contribution in [0.3, 0.4) is 0 Å². The van der Waals surface area contributed by atoms with Gasteiger partial charge in [-0.2, -0.15) is 5.10 Å². The van der Waals surface area contributed by atoms with Crippen molar-refractivity contribution in [3.05, 3.63) is 54.2 Å². The first kappa shape index (κ1) is 21.1. The number of nitrogens with one attached hydrogen (secondary N) is 2. The van der Waals surface area contributed by atoms with Crippen molar-refractivity contribution < 1.29 is 4.79 Å². The SMILES string of the molecule is C=C(C)CCC(C)N1CCC(n2nccc2NC(=O)Nc2ccccc2C)CC1. The smallest absolute Gasteiger partial charge is 0.307 e. The number of hydrogen-bond donors (Lipinski definition) is 2. The van der Waals surface area contributed by atoms with Crippen LogP contribution in [0.5, 0.6) is 0 Å². The van der Waals surface area contributed by atoms with E-state index in [0.717, 1.165) is 55.8 Å². The van der Waals surface area contributed by atoms with Crippen LogP contribution >= 0.6 is 0 Å². The highest BCUT2D eigenvalue weighted by Crippen LogP contribution is 2.27. The number of aromatic nitrogens is 2. The maximum Gasteiger partial charge on any atom is 0.324 e. The Labute approximate surface area is 174 Å². The second-order valence-electron chi connectivity index (χ2n) is 8.17. The molecule has 0 aliphatic carbocycles. The Balaban J connectivity index is 1.55. The number of carbonyl (C=O) groups excluding carboxylic acids is 1. The second-order valence-corrected chi connectivity index (χ2v) is 8.17. The van der Waals surface area contributed by atoms with E-state index in [4.69, 9.17) is 0 Å². The van der Waals surface area contributed by atoms with Crippen LogP contribution in [0.4, 0.5) is 16.3 Å². The van der Waals surface area contributed by atoms with Crippen molar-refractivity contribution in [1.82, 2.24) is 14.7 Å². The number of likely N-dealkylation sites (tertiary alicyclic amines) is 1.